The number of hydrogen-bond donors (Lipinski definition) is 4. The van der Waals surface area contributed by atoms with Crippen LogP contribution >= 0.6 is 0 Å². The first kappa shape index (κ1) is 41.8. The number of rotatable bonds is 33. The fraction of sp³-hybridized carbons (Fsp3) is 0.868. The van der Waals surface area contributed by atoms with Crippen LogP contribution in [-0.2, 0) is 4.79 Å². The van der Waals surface area contributed by atoms with E-state index in [1.165, 1.54) is 109 Å². The Morgan fingerprint density at radius 1 is 0.558 bits per heavy atom. The second kappa shape index (κ2) is 33.7. The second-order valence-electron chi connectivity index (χ2n) is 12.8. The van der Waals surface area contributed by atoms with Crippen molar-refractivity contribution in [1.82, 2.24) is 5.32 Å². The summed E-state index contributed by atoms with van der Waals surface area (Å²) in [5.74, 6) is -0.159. The van der Waals surface area contributed by atoms with Crippen LogP contribution in [0.3, 0.4) is 0 Å². The summed E-state index contributed by atoms with van der Waals surface area (Å²) in [5.41, 5.74) is 0. The van der Waals surface area contributed by atoms with Crippen LogP contribution in [0.1, 0.15) is 187 Å². The second-order valence-corrected chi connectivity index (χ2v) is 12.8. The van der Waals surface area contributed by atoms with Gasteiger partial charge in [-0.25, -0.2) is 0 Å². The molecule has 4 N–H and O–H groups in total. The Kier molecular flexibility index (Phi) is 32.8. The molecule has 0 rings (SSSR count). The zero-order valence-electron chi connectivity index (χ0n) is 28.6. The first-order valence-electron chi connectivity index (χ1n) is 18.6. The standard InChI is InChI=1S/C38H73NO4/c1-3-5-7-9-11-13-15-16-17-18-19-20-21-23-25-27-29-31-33-37(42)39-35(34-40)38(43)36(41)32-30-28-26-24-22-14-12-10-8-6-4-2/h10,12,24,26,35-36,38,40-41,43H,3-9,11,13-23,25,27-34H2,1-2H3,(H,39,42)/b12-10+,26-24+. The number of aliphatic hydroxyl groups is 3. The lowest BCUT2D eigenvalue weighted by atomic mass is 10.0. The first-order chi connectivity index (χ1) is 21.1. The van der Waals surface area contributed by atoms with Gasteiger partial charge in [-0.2, -0.15) is 0 Å². The number of allylic oxidation sites excluding steroid dienone is 4. The van der Waals surface area contributed by atoms with E-state index < -0.39 is 18.2 Å². The molecule has 0 aromatic heterocycles. The van der Waals surface area contributed by atoms with Gasteiger partial charge in [0.25, 0.3) is 0 Å². The zero-order valence-corrected chi connectivity index (χ0v) is 28.6. The molecule has 0 aromatic rings. The Hall–Kier alpha value is -1.17. The molecule has 0 bridgehead atoms. The van der Waals surface area contributed by atoms with Gasteiger partial charge in [-0.05, 0) is 44.9 Å². The molecule has 0 aliphatic heterocycles. The van der Waals surface area contributed by atoms with Crippen molar-refractivity contribution in [2.45, 2.75) is 205 Å². The SMILES string of the molecule is CCCC/C=C/CC/C=C/CCCC(O)C(O)C(CO)NC(=O)CCCCCCCCCCCCCCCCCCCC. The molecule has 0 heterocycles. The molecule has 0 aliphatic rings. The van der Waals surface area contributed by atoms with Crippen molar-refractivity contribution in [3.8, 4) is 0 Å². The van der Waals surface area contributed by atoms with E-state index in [-0.39, 0.29) is 12.5 Å². The van der Waals surface area contributed by atoms with Gasteiger partial charge in [0.1, 0.15) is 6.10 Å². The average molecular weight is 608 g/mol. The van der Waals surface area contributed by atoms with Gasteiger partial charge in [0.05, 0.1) is 18.8 Å². The van der Waals surface area contributed by atoms with Crippen LogP contribution in [0.25, 0.3) is 0 Å². The van der Waals surface area contributed by atoms with Crippen molar-refractivity contribution in [1.29, 1.82) is 0 Å². The molecule has 5 heteroatoms. The van der Waals surface area contributed by atoms with Crippen LogP contribution in [0.4, 0.5) is 0 Å². The first-order valence-corrected chi connectivity index (χ1v) is 18.6. The maximum absolute atomic E-state index is 12.3. The third-order valence-electron chi connectivity index (χ3n) is 8.54. The van der Waals surface area contributed by atoms with Crippen molar-refractivity contribution in [3.05, 3.63) is 24.3 Å². The normalized spacial score (nSPS) is 14.1. The minimum absolute atomic E-state index is 0.159. The van der Waals surface area contributed by atoms with E-state index in [1.54, 1.807) is 0 Å². The Labute approximate surface area is 267 Å². The zero-order chi connectivity index (χ0) is 31.6. The van der Waals surface area contributed by atoms with Gasteiger partial charge >= 0.3 is 0 Å². The van der Waals surface area contributed by atoms with Crippen molar-refractivity contribution >= 4 is 5.91 Å². The maximum atomic E-state index is 12.3. The van der Waals surface area contributed by atoms with Gasteiger partial charge in [0, 0.05) is 6.42 Å². The lowest BCUT2D eigenvalue weighted by Crippen LogP contribution is -2.50. The number of aliphatic hydroxyl groups excluding tert-OH is 3. The molecule has 3 atom stereocenters. The number of carbonyl (C=O) groups excluding carboxylic acids is 1. The van der Waals surface area contributed by atoms with Crippen molar-refractivity contribution in [3.63, 3.8) is 0 Å². The lowest BCUT2D eigenvalue weighted by molar-refractivity contribution is -0.124. The topological polar surface area (TPSA) is 89.8 Å². The third kappa shape index (κ3) is 29.3. The highest BCUT2D eigenvalue weighted by atomic mass is 16.3. The Balaban J connectivity index is 3.68. The molecule has 3 unspecified atom stereocenters. The molecule has 0 saturated heterocycles. The minimum atomic E-state index is -1.16. The quantitative estimate of drug-likeness (QED) is 0.0441. The molecule has 43 heavy (non-hydrogen) atoms. The molecule has 0 spiro atoms. The minimum Gasteiger partial charge on any atom is -0.394 e. The molecular formula is C38H73NO4. The molecule has 0 aliphatic carbocycles. The summed E-state index contributed by atoms with van der Waals surface area (Å²) in [7, 11) is 0. The van der Waals surface area contributed by atoms with Gasteiger partial charge in [-0.1, -0.05) is 160 Å². The van der Waals surface area contributed by atoms with Crippen molar-refractivity contribution < 1.29 is 20.1 Å². The summed E-state index contributed by atoms with van der Waals surface area (Å²) in [6.45, 7) is 4.10. The summed E-state index contributed by atoms with van der Waals surface area (Å²) < 4.78 is 0. The van der Waals surface area contributed by atoms with E-state index in [0.29, 0.717) is 12.8 Å². The predicted octanol–water partition coefficient (Wildman–Crippen LogP) is 9.87. The maximum Gasteiger partial charge on any atom is 0.220 e. The summed E-state index contributed by atoms with van der Waals surface area (Å²) in [6, 6.07) is -0.826. The van der Waals surface area contributed by atoms with Crippen LogP contribution in [0.2, 0.25) is 0 Å². The summed E-state index contributed by atoms with van der Waals surface area (Å²) in [5, 5.41) is 33.2. The fourth-order valence-corrected chi connectivity index (χ4v) is 5.57. The highest BCUT2D eigenvalue weighted by molar-refractivity contribution is 5.76. The number of unbranched alkanes of at least 4 members (excludes halogenated alkanes) is 21. The molecular weight excluding hydrogens is 534 g/mol. The Morgan fingerprint density at radius 2 is 0.953 bits per heavy atom. The molecule has 0 fully saturated rings. The monoisotopic (exact) mass is 608 g/mol. The summed E-state index contributed by atoms with van der Waals surface area (Å²) in [6.07, 6.45) is 38.5. The number of carbonyl (C=O) groups is 1. The van der Waals surface area contributed by atoms with Crippen LogP contribution in [0.15, 0.2) is 24.3 Å². The molecule has 0 radical (unpaired) electrons. The van der Waals surface area contributed by atoms with E-state index >= 15 is 0 Å². The van der Waals surface area contributed by atoms with Gasteiger partial charge in [0.2, 0.25) is 5.91 Å². The van der Waals surface area contributed by atoms with Gasteiger partial charge in [0.15, 0.2) is 0 Å². The smallest absolute Gasteiger partial charge is 0.220 e. The summed E-state index contributed by atoms with van der Waals surface area (Å²) in [4.78, 5) is 12.3. The van der Waals surface area contributed by atoms with Crippen molar-refractivity contribution in [2.75, 3.05) is 6.61 Å². The Bertz CT molecular complexity index is 635. The molecule has 0 aromatic carbocycles. The van der Waals surface area contributed by atoms with E-state index in [9.17, 15) is 20.1 Å². The fourth-order valence-electron chi connectivity index (χ4n) is 5.57. The van der Waals surface area contributed by atoms with Gasteiger partial charge in [-0.3, -0.25) is 4.79 Å². The summed E-state index contributed by atoms with van der Waals surface area (Å²) >= 11 is 0. The van der Waals surface area contributed by atoms with E-state index in [4.69, 9.17) is 0 Å². The third-order valence-corrected chi connectivity index (χ3v) is 8.54. The highest BCUT2D eigenvalue weighted by Gasteiger charge is 2.26. The van der Waals surface area contributed by atoms with E-state index in [1.807, 2.05) is 0 Å². The number of amides is 1. The van der Waals surface area contributed by atoms with Gasteiger partial charge in [-0.15, -0.1) is 0 Å². The molecule has 0 saturated carbocycles. The van der Waals surface area contributed by atoms with Crippen LogP contribution in [0, 0.1) is 0 Å². The van der Waals surface area contributed by atoms with Crippen LogP contribution in [0.5, 0.6) is 0 Å². The predicted molar refractivity (Wildman–Crippen MR) is 185 cm³/mol. The van der Waals surface area contributed by atoms with E-state index in [0.717, 1.165) is 51.4 Å². The highest BCUT2D eigenvalue weighted by Crippen LogP contribution is 2.15. The average Bonchev–Trinajstić information content (AvgIpc) is 3.01. The number of nitrogens with one attached hydrogen (secondary N) is 1. The molecule has 254 valence electrons. The van der Waals surface area contributed by atoms with Crippen molar-refractivity contribution in [2.24, 2.45) is 0 Å². The number of hydrogen-bond acceptors (Lipinski definition) is 4. The molecule has 5 nitrogen and oxygen atoms in total. The lowest BCUT2D eigenvalue weighted by Gasteiger charge is -2.26. The van der Waals surface area contributed by atoms with Gasteiger partial charge < -0.3 is 20.6 Å². The van der Waals surface area contributed by atoms with Crippen LogP contribution in [-0.4, -0.2) is 46.1 Å². The molecule has 1 amide bonds. The van der Waals surface area contributed by atoms with E-state index in [2.05, 4.69) is 43.5 Å². The Morgan fingerprint density at radius 3 is 1.40 bits per heavy atom. The largest absolute Gasteiger partial charge is 0.394 e. The van der Waals surface area contributed by atoms with Crippen LogP contribution < -0.4 is 5.32 Å².